The standard InChI is InChI=1S/C8H7BrN2O/c1-3-6(2)12-8-7(9)4-10-5-11-8/h1,4-6H,2H3. The van der Waals surface area contributed by atoms with Gasteiger partial charge in [-0.2, -0.15) is 0 Å². The van der Waals surface area contributed by atoms with Crippen LogP contribution in [0, 0.1) is 12.3 Å². The number of nitrogens with zero attached hydrogens (tertiary/aromatic N) is 2. The molecule has 0 fully saturated rings. The Bertz CT molecular complexity index is 308. The van der Waals surface area contributed by atoms with Crippen LogP contribution in [-0.2, 0) is 0 Å². The summed E-state index contributed by atoms with van der Waals surface area (Å²) in [6.45, 7) is 1.77. The van der Waals surface area contributed by atoms with Crippen LogP contribution in [-0.4, -0.2) is 16.1 Å². The van der Waals surface area contributed by atoms with E-state index >= 15 is 0 Å². The maximum Gasteiger partial charge on any atom is 0.232 e. The minimum atomic E-state index is -0.281. The Kier molecular flexibility index (Phi) is 3.06. The monoisotopic (exact) mass is 226 g/mol. The van der Waals surface area contributed by atoms with Gasteiger partial charge in [-0.15, -0.1) is 6.42 Å². The summed E-state index contributed by atoms with van der Waals surface area (Å²) in [6, 6.07) is 0. The lowest BCUT2D eigenvalue weighted by Crippen LogP contribution is -2.09. The first-order valence-corrected chi connectivity index (χ1v) is 4.11. The smallest absolute Gasteiger partial charge is 0.232 e. The number of ether oxygens (including phenoxy) is 1. The Balaban J connectivity index is 2.77. The van der Waals surface area contributed by atoms with E-state index in [1.54, 1.807) is 13.1 Å². The molecule has 0 amide bonds. The van der Waals surface area contributed by atoms with Crippen LogP contribution in [0.1, 0.15) is 6.92 Å². The predicted octanol–water partition coefficient (Wildman–Crippen LogP) is 1.64. The lowest BCUT2D eigenvalue weighted by Gasteiger charge is -2.07. The van der Waals surface area contributed by atoms with Crippen LogP contribution in [0.4, 0.5) is 0 Å². The molecule has 0 aromatic carbocycles. The SMILES string of the molecule is C#CC(C)Oc1ncncc1Br. The van der Waals surface area contributed by atoms with Crippen LogP contribution >= 0.6 is 15.9 Å². The summed E-state index contributed by atoms with van der Waals surface area (Å²) in [6.07, 6.45) is 7.86. The molecule has 0 saturated carbocycles. The molecule has 62 valence electrons. The van der Waals surface area contributed by atoms with Gasteiger partial charge < -0.3 is 4.74 Å². The minimum Gasteiger partial charge on any atom is -0.461 e. The molecule has 1 unspecified atom stereocenters. The van der Waals surface area contributed by atoms with Crippen molar-refractivity contribution >= 4 is 15.9 Å². The first-order valence-electron chi connectivity index (χ1n) is 3.32. The number of hydrogen-bond donors (Lipinski definition) is 0. The van der Waals surface area contributed by atoms with Crippen molar-refractivity contribution in [2.24, 2.45) is 0 Å². The van der Waals surface area contributed by atoms with Crippen LogP contribution in [0.5, 0.6) is 5.88 Å². The van der Waals surface area contributed by atoms with Crippen LogP contribution in [0.3, 0.4) is 0 Å². The summed E-state index contributed by atoms with van der Waals surface area (Å²) < 4.78 is 5.96. The molecule has 0 aliphatic carbocycles. The fourth-order valence-electron chi connectivity index (χ4n) is 0.590. The molecule has 0 N–H and O–H groups in total. The van der Waals surface area contributed by atoms with Crippen LogP contribution in [0.2, 0.25) is 0 Å². The van der Waals surface area contributed by atoms with Crippen molar-refractivity contribution in [1.82, 2.24) is 9.97 Å². The number of rotatable bonds is 2. The quantitative estimate of drug-likeness (QED) is 0.720. The molecule has 3 nitrogen and oxygen atoms in total. The average Bonchev–Trinajstić information content (AvgIpc) is 2.09. The Morgan fingerprint density at radius 3 is 3.08 bits per heavy atom. The molecule has 0 bridgehead atoms. The summed E-state index contributed by atoms with van der Waals surface area (Å²) >= 11 is 3.24. The number of hydrogen-bond acceptors (Lipinski definition) is 3. The third-order valence-electron chi connectivity index (χ3n) is 1.16. The van der Waals surface area contributed by atoms with E-state index in [-0.39, 0.29) is 6.10 Å². The van der Waals surface area contributed by atoms with Gasteiger partial charge in [0.05, 0.1) is 4.47 Å². The summed E-state index contributed by atoms with van der Waals surface area (Å²) in [5.74, 6) is 2.91. The molecular weight excluding hydrogens is 220 g/mol. The second-order valence-corrected chi connectivity index (χ2v) is 2.96. The second-order valence-electron chi connectivity index (χ2n) is 2.10. The maximum absolute atomic E-state index is 5.26. The molecule has 1 rings (SSSR count). The van der Waals surface area contributed by atoms with Gasteiger partial charge in [0.15, 0.2) is 6.10 Å². The molecule has 12 heavy (non-hydrogen) atoms. The van der Waals surface area contributed by atoms with E-state index in [9.17, 15) is 0 Å². The van der Waals surface area contributed by atoms with Gasteiger partial charge in [0.25, 0.3) is 0 Å². The Morgan fingerprint density at radius 2 is 2.50 bits per heavy atom. The van der Waals surface area contributed by atoms with Gasteiger partial charge in [-0.3, -0.25) is 0 Å². The van der Waals surface area contributed by atoms with Crippen molar-refractivity contribution in [3.05, 3.63) is 17.0 Å². The zero-order valence-corrected chi connectivity index (χ0v) is 8.08. The van der Waals surface area contributed by atoms with Gasteiger partial charge in [0.2, 0.25) is 5.88 Å². The van der Waals surface area contributed by atoms with E-state index < -0.39 is 0 Å². The van der Waals surface area contributed by atoms with Gasteiger partial charge in [0.1, 0.15) is 6.33 Å². The van der Waals surface area contributed by atoms with Crippen LogP contribution in [0.15, 0.2) is 17.0 Å². The van der Waals surface area contributed by atoms with Gasteiger partial charge in [-0.05, 0) is 22.9 Å². The van der Waals surface area contributed by atoms with Crippen LogP contribution < -0.4 is 4.74 Å². The van der Waals surface area contributed by atoms with Crippen molar-refractivity contribution in [1.29, 1.82) is 0 Å². The summed E-state index contributed by atoms with van der Waals surface area (Å²) in [7, 11) is 0. The first kappa shape index (κ1) is 9.01. The van der Waals surface area contributed by atoms with E-state index in [2.05, 4.69) is 31.8 Å². The predicted molar refractivity (Wildman–Crippen MR) is 48.7 cm³/mol. The highest BCUT2D eigenvalue weighted by Crippen LogP contribution is 2.20. The van der Waals surface area contributed by atoms with E-state index in [1.165, 1.54) is 6.33 Å². The number of terminal acetylenes is 1. The van der Waals surface area contributed by atoms with Gasteiger partial charge >= 0.3 is 0 Å². The Hall–Kier alpha value is -1.08. The van der Waals surface area contributed by atoms with E-state index in [0.717, 1.165) is 0 Å². The van der Waals surface area contributed by atoms with Gasteiger partial charge in [0, 0.05) is 6.20 Å². The molecule has 4 heteroatoms. The molecule has 1 atom stereocenters. The highest BCUT2D eigenvalue weighted by Gasteiger charge is 2.04. The fourth-order valence-corrected chi connectivity index (χ4v) is 0.904. The fraction of sp³-hybridized carbons (Fsp3) is 0.250. The lowest BCUT2D eigenvalue weighted by molar-refractivity contribution is 0.265. The molecule has 0 radical (unpaired) electrons. The van der Waals surface area contributed by atoms with Crippen molar-refractivity contribution in [2.75, 3.05) is 0 Å². The molecular formula is C8H7BrN2O. The van der Waals surface area contributed by atoms with E-state index in [4.69, 9.17) is 11.2 Å². The average molecular weight is 227 g/mol. The third-order valence-corrected chi connectivity index (χ3v) is 1.70. The van der Waals surface area contributed by atoms with Crippen molar-refractivity contribution < 1.29 is 4.74 Å². The van der Waals surface area contributed by atoms with Gasteiger partial charge in [-0.1, -0.05) is 5.92 Å². The topological polar surface area (TPSA) is 35.0 Å². The summed E-state index contributed by atoms with van der Waals surface area (Å²) in [5, 5.41) is 0. The number of halogens is 1. The second kappa shape index (κ2) is 4.07. The maximum atomic E-state index is 5.26. The molecule has 1 heterocycles. The highest BCUT2D eigenvalue weighted by atomic mass is 79.9. The van der Waals surface area contributed by atoms with Crippen LogP contribution in [0.25, 0.3) is 0 Å². The molecule has 0 aliphatic heterocycles. The zero-order chi connectivity index (χ0) is 8.97. The molecule has 0 saturated heterocycles. The van der Waals surface area contributed by atoms with E-state index in [1.807, 2.05) is 0 Å². The van der Waals surface area contributed by atoms with Gasteiger partial charge in [-0.25, -0.2) is 9.97 Å². The largest absolute Gasteiger partial charge is 0.461 e. The van der Waals surface area contributed by atoms with Crippen molar-refractivity contribution in [3.8, 4) is 18.2 Å². The van der Waals surface area contributed by atoms with E-state index in [0.29, 0.717) is 10.4 Å². The van der Waals surface area contributed by atoms with Crippen molar-refractivity contribution in [3.63, 3.8) is 0 Å². The molecule has 0 aliphatic rings. The number of aromatic nitrogens is 2. The zero-order valence-electron chi connectivity index (χ0n) is 6.49. The Labute approximate surface area is 79.3 Å². The normalized spacial score (nSPS) is 11.8. The molecule has 1 aromatic heterocycles. The third kappa shape index (κ3) is 2.21. The Morgan fingerprint density at radius 1 is 1.75 bits per heavy atom. The molecule has 1 aromatic rings. The summed E-state index contributed by atoms with van der Waals surface area (Å²) in [4.78, 5) is 7.68. The van der Waals surface area contributed by atoms with Crippen molar-refractivity contribution in [2.45, 2.75) is 13.0 Å². The summed E-state index contributed by atoms with van der Waals surface area (Å²) in [5.41, 5.74) is 0. The molecule has 0 spiro atoms. The highest BCUT2D eigenvalue weighted by molar-refractivity contribution is 9.10. The lowest BCUT2D eigenvalue weighted by atomic mass is 10.4. The first-order chi connectivity index (χ1) is 5.74. The minimum absolute atomic E-state index is 0.281.